The van der Waals surface area contributed by atoms with Crippen LogP contribution in [0.1, 0.15) is 6.92 Å². The second-order valence-electron chi connectivity index (χ2n) is 1.34. The van der Waals surface area contributed by atoms with Crippen molar-refractivity contribution in [2.75, 3.05) is 14.2 Å². The first-order valence-electron chi connectivity index (χ1n) is 2.66. The number of rotatable bonds is 1. The average Bonchev–Trinajstić information content (AvgIpc) is 2.04. The molecule has 0 saturated heterocycles. The number of carbonyl (C=O) groups is 3. The highest BCUT2D eigenvalue weighted by Crippen LogP contribution is 1.60. The van der Waals surface area contributed by atoms with Crippen LogP contribution >= 0.6 is 0 Å². The second-order valence-corrected chi connectivity index (χ2v) is 1.34. The van der Waals surface area contributed by atoms with Crippen LogP contribution in [0.15, 0.2) is 0 Å². The zero-order valence-electron chi connectivity index (χ0n) is 6.62. The number of carbonyl (C=O) groups excluding carboxylic acids is 3. The Morgan fingerprint density at radius 1 is 1.18 bits per heavy atom. The monoisotopic (exact) mass is 162 g/mol. The van der Waals surface area contributed by atoms with Gasteiger partial charge < -0.3 is 9.47 Å². The predicted molar refractivity (Wildman–Crippen MR) is 35.8 cm³/mol. The van der Waals surface area contributed by atoms with Gasteiger partial charge in [0.25, 0.3) is 0 Å². The molecule has 0 fully saturated rings. The lowest BCUT2D eigenvalue weighted by atomic mass is 10.8. The Balaban J connectivity index is 0. The second kappa shape index (κ2) is 8.61. The molecule has 0 aromatic carbocycles. The van der Waals surface area contributed by atoms with Crippen molar-refractivity contribution in [3.05, 3.63) is 0 Å². The Morgan fingerprint density at radius 2 is 1.55 bits per heavy atom. The fourth-order valence-electron chi connectivity index (χ4n) is 0.0481. The lowest BCUT2D eigenvalue weighted by molar-refractivity contribution is -0.146. The lowest BCUT2D eigenvalue weighted by Crippen LogP contribution is -1.98. The van der Waals surface area contributed by atoms with Crippen molar-refractivity contribution in [2.24, 2.45) is 0 Å². The molecule has 0 aromatic heterocycles. The number of hydrogen-bond donors (Lipinski definition) is 0. The van der Waals surface area contributed by atoms with Crippen molar-refractivity contribution in [2.45, 2.75) is 6.92 Å². The summed E-state index contributed by atoms with van der Waals surface area (Å²) in [6, 6.07) is 0. The molecule has 0 aromatic rings. The minimum atomic E-state index is -0.838. The van der Waals surface area contributed by atoms with Crippen LogP contribution in [0.2, 0.25) is 0 Å². The molecular formula is C6H10O5. The molecule has 5 nitrogen and oxygen atoms in total. The summed E-state index contributed by atoms with van der Waals surface area (Å²) < 4.78 is 8.00. The predicted octanol–water partition coefficient (Wildman–Crippen LogP) is -0.462. The number of ether oxygens (including phenoxy) is 2. The first kappa shape index (κ1) is 12.3. The molecule has 0 atom stereocenters. The first-order valence-corrected chi connectivity index (χ1v) is 2.66. The molecule has 0 radical (unpaired) electrons. The van der Waals surface area contributed by atoms with E-state index in [-0.39, 0.29) is 12.3 Å². The van der Waals surface area contributed by atoms with Gasteiger partial charge in [0.15, 0.2) is 0 Å². The highest BCUT2D eigenvalue weighted by molar-refractivity contribution is 6.20. The summed E-state index contributed by atoms with van der Waals surface area (Å²) in [6.45, 7) is 1.36. The van der Waals surface area contributed by atoms with Gasteiger partial charge in [-0.3, -0.25) is 9.59 Å². The maximum atomic E-state index is 9.59. The van der Waals surface area contributed by atoms with Crippen molar-refractivity contribution in [3.63, 3.8) is 0 Å². The summed E-state index contributed by atoms with van der Waals surface area (Å²) in [6.07, 6.45) is 0.111. The number of hydrogen-bond acceptors (Lipinski definition) is 5. The normalized spacial score (nSPS) is 6.82. The standard InChI is InChI=1S/C3H4O3.C3H6O2/c1-6-3(5)2-4;1-3(4)5-2/h2H,1H3;1-2H3. The third-order valence-corrected chi connectivity index (χ3v) is 0.585. The fourth-order valence-corrected chi connectivity index (χ4v) is 0.0481. The average molecular weight is 162 g/mol. The minimum absolute atomic E-state index is 0.111. The zero-order chi connectivity index (χ0) is 9.28. The first-order chi connectivity index (χ1) is 5.08. The van der Waals surface area contributed by atoms with Crippen LogP contribution in [-0.4, -0.2) is 32.4 Å². The van der Waals surface area contributed by atoms with Crippen LogP contribution in [0.3, 0.4) is 0 Å². The summed E-state index contributed by atoms with van der Waals surface area (Å²) in [5.41, 5.74) is 0. The number of aldehydes is 1. The molecule has 0 saturated carbocycles. The zero-order valence-corrected chi connectivity index (χ0v) is 6.62. The minimum Gasteiger partial charge on any atom is -0.469 e. The molecule has 0 spiro atoms. The molecular weight excluding hydrogens is 152 g/mol. The Kier molecular flexibility index (Phi) is 9.63. The van der Waals surface area contributed by atoms with Crippen molar-refractivity contribution in [3.8, 4) is 0 Å². The molecule has 0 aliphatic carbocycles. The molecule has 0 rings (SSSR count). The third-order valence-electron chi connectivity index (χ3n) is 0.585. The van der Waals surface area contributed by atoms with E-state index < -0.39 is 5.97 Å². The van der Waals surface area contributed by atoms with Crippen molar-refractivity contribution < 1.29 is 23.9 Å². The molecule has 11 heavy (non-hydrogen) atoms. The third kappa shape index (κ3) is 17.7. The molecule has 0 N–H and O–H groups in total. The van der Waals surface area contributed by atoms with E-state index in [1.807, 2.05) is 0 Å². The molecule has 0 amide bonds. The molecule has 64 valence electrons. The van der Waals surface area contributed by atoms with Crippen LogP contribution in [0.25, 0.3) is 0 Å². The maximum Gasteiger partial charge on any atom is 0.371 e. The van der Waals surface area contributed by atoms with Gasteiger partial charge in [-0.05, 0) is 0 Å². The number of methoxy groups -OCH3 is 2. The lowest BCUT2D eigenvalue weighted by Gasteiger charge is -1.80. The van der Waals surface area contributed by atoms with Crippen molar-refractivity contribution in [1.29, 1.82) is 0 Å². The van der Waals surface area contributed by atoms with Gasteiger partial charge in [0.2, 0.25) is 6.29 Å². The van der Waals surface area contributed by atoms with E-state index in [0.29, 0.717) is 0 Å². The van der Waals surface area contributed by atoms with Crippen LogP contribution in [0, 0.1) is 0 Å². The van der Waals surface area contributed by atoms with Gasteiger partial charge >= 0.3 is 11.9 Å². The Hall–Kier alpha value is -1.39. The van der Waals surface area contributed by atoms with Crippen LogP contribution in [0.4, 0.5) is 0 Å². The van der Waals surface area contributed by atoms with Gasteiger partial charge in [-0.15, -0.1) is 0 Å². The van der Waals surface area contributed by atoms with Gasteiger partial charge in [0, 0.05) is 6.92 Å². The molecule has 5 heteroatoms. The summed E-state index contributed by atoms with van der Waals surface area (Å²) in [4.78, 5) is 28.4. The van der Waals surface area contributed by atoms with E-state index in [0.717, 1.165) is 7.11 Å². The summed E-state index contributed by atoms with van der Waals surface area (Å²) >= 11 is 0. The summed E-state index contributed by atoms with van der Waals surface area (Å²) in [5.74, 6) is -1.08. The fraction of sp³-hybridized carbons (Fsp3) is 0.500. The van der Waals surface area contributed by atoms with Gasteiger partial charge in [-0.1, -0.05) is 0 Å². The van der Waals surface area contributed by atoms with Gasteiger partial charge in [0.1, 0.15) is 0 Å². The maximum absolute atomic E-state index is 9.59. The Bertz CT molecular complexity index is 140. The van der Waals surface area contributed by atoms with Crippen LogP contribution in [-0.2, 0) is 23.9 Å². The molecule has 0 unspecified atom stereocenters. The van der Waals surface area contributed by atoms with E-state index >= 15 is 0 Å². The Morgan fingerprint density at radius 3 is 1.55 bits per heavy atom. The molecule has 0 bridgehead atoms. The Labute approximate surface area is 64.3 Å². The number of esters is 2. The highest BCUT2D eigenvalue weighted by atomic mass is 16.5. The topological polar surface area (TPSA) is 69.7 Å². The van der Waals surface area contributed by atoms with E-state index in [1.54, 1.807) is 0 Å². The van der Waals surface area contributed by atoms with E-state index in [1.165, 1.54) is 14.0 Å². The van der Waals surface area contributed by atoms with E-state index in [2.05, 4.69) is 9.47 Å². The molecule has 0 aliphatic rings. The summed E-state index contributed by atoms with van der Waals surface area (Å²) in [7, 11) is 2.50. The van der Waals surface area contributed by atoms with Crippen molar-refractivity contribution >= 4 is 18.2 Å². The van der Waals surface area contributed by atoms with Crippen LogP contribution < -0.4 is 0 Å². The largest absolute Gasteiger partial charge is 0.469 e. The summed E-state index contributed by atoms with van der Waals surface area (Å²) in [5, 5.41) is 0. The molecule has 0 aliphatic heterocycles. The van der Waals surface area contributed by atoms with Gasteiger partial charge in [-0.2, -0.15) is 0 Å². The SMILES string of the molecule is COC(=O)C=O.COC(C)=O. The highest BCUT2D eigenvalue weighted by Gasteiger charge is 1.88. The van der Waals surface area contributed by atoms with E-state index in [4.69, 9.17) is 0 Å². The van der Waals surface area contributed by atoms with E-state index in [9.17, 15) is 14.4 Å². The van der Waals surface area contributed by atoms with Gasteiger partial charge in [0.05, 0.1) is 14.2 Å². The van der Waals surface area contributed by atoms with Crippen molar-refractivity contribution in [1.82, 2.24) is 0 Å². The van der Waals surface area contributed by atoms with Gasteiger partial charge in [-0.25, -0.2) is 4.79 Å². The smallest absolute Gasteiger partial charge is 0.371 e. The molecule has 0 heterocycles. The quantitative estimate of drug-likeness (QED) is 0.296. The van der Waals surface area contributed by atoms with Crippen LogP contribution in [0.5, 0.6) is 0 Å².